The zero-order valence-electron chi connectivity index (χ0n) is 16.7. The molecule has 3 aliphatic rings. The van der Waals surface area contributed by atoms with Crippen molar-refractivity contribution in [2.75, 3.05) is 31.1 Å². The van der Waals surface area contributed by atoms with Gasteiger partial charge in [-0.15, -0.1) is 0 Å². The first-order valence-corrected chi connectivity index (χ1v) is 11.1. The van der Waals surface area contributed by atoms with Crippen molar-refractivity contribution in [1.29, 1.82) is 0 Å². The summed E-state index contributed by atoms with van der Waals surface area (Å²) in [4.78, 5) is 10.3. The molecule has 1 aromatic heterocycles. The molecule has 0 unspecified atom stereocenters. The molecule has 0 amide bonds. The molecule has 4 heteroatoms. The van der Waals surface area contributed by atoms with Crippen molar-refractivity contribution in [2.45, 2.75) is 57.4 Å². The Morgan fingerprint density at radius 2 is 1.57 bits per heavy atom. The topological polar surface area (TPSA) is 19.4 Å². The average Bonchev–Trinajstić information content (AvgIpc) is 3.54. The van der Waals surface area contributed by atoms with Crippen LogP contribution >= 0.6 is 0 Å². The van der Waals surface area contributed by atoms with E-state index in [0.29, 0.717) is 0 Å². The van der Waals surface area contributed by atoms with Crippen LogP contribution in [-0.2, 0) is 12.8 Å². The molecule has 0 bridgehead atoms. The fourth-order valence-electron chi connectivity index (χ4n) is 4.85. The second-order valence-electron chi connectivity index (χ2n) is 8.63. The number of pyridine rings is 1. The van der Waals surface area contributed by atoms with Gasteiger partial charge in [-0.2, -0.15) is 0 Å². The molecule has 2 aliphatic carbocycles. The summed E-state index contributed by atoms with van der Waals surface area (Å²) in [5, 5.41) is 0. The summed E-state index contributed by atoms with van der Waals surface area (Å²) in [6.45, 7) is 4.42. The molecule has 148 valence electrons. The van der Waals surface area contributed by atoms with Gasteiger partial charge in [-0.25, -0.2) is 9.37 Å². The molecule has 1 saturated heterocycles. The van der Waals surface area contributed by atoms with Crippen molar-refractivity contribution in [3.05, 3.63) is 47.4 Å². The minimum atomic E-state index is -0.169. The van der Waals surface area contributed by atoms with Gasteiger partial charge in [-0.1, -0.05) is 25.0 Å². The Morgan fingerprint density at radius 1 is 0.857 bits per heavy atom. The van der Waals surface area contributed by atoms with Crippen LogP contribution in [0.25, 0.3) is 11.1 Å². The van der Waals surface area contributed by atoms with Gasteiger partial charge in [0.1, 0.15) is 11.6 Å². The van der Waals surface area contributed by atoms with Gasteiger partial charge < -0.3 is 4.90 Å². The highest BCUT2D eigenvalue weighted by atomic mass is 19.1. The molecule has 0 radical (unpaired) electrons. The number of aromatic nitrogens is 1. The number of hydrogen-bond acceptors (Lipinski definition) is 3. The van der Waals surface area contributed by atoms with Gasteiger partial charge in [0, 0.05) is 37.9 Å². The predicted molar refractivity (Wildman–Crippen MR) is 112 cm³/mol. The lowest BCUT2D eigenvalue weighted by atomic mass is 9.90. The van der Waals surface area contributed by atoms with Crippen LogP contribution in [0.5, 0.6) is 0 Å². The highest BCUT2D eigenvalue weighted by molar-refractivity contribution is 5.72. The van der Waals surface area contributed by atoms with Crippen molar-refractivity contribution in [1.82, 2.24) is 9.88 Å². The van der Waals surface area contributed by atoms with Crippen molar-refractivity contribution in [3.8, 4) is 11.1 Å². The number of hydrogen-bond donors (Lipinski definition) is 0. The SMILES string of the molecule is Fc1ccc(-c2cc(N3CCN(C4CC4)CC3)nc3c2CCCCCC3)cc1. The third kappa shape index (κ3) is 3.80. The van der Waals surface area contributed by atoms with Gasteiger partial charge in [0.15, 0.2) is 0 Å². The molecule has 1 aliphatic heterocycles. The Bertz CT molecular complexity index is 820. The molecule has 2 fully saturated rings. The largest absolute Gasteiger partial charge is 0.354 e. The van der Waals surface area contributed by atoms with Crippen LogP contribution < -0.4 is 4.90 Å². The van der Waals surface area contributed by atoms with E-state index in [9.17, 15) is 4.39 Å². The summed E-state index contributed by atoms with van der Waals surface area (Å²) in [6, 6.07) is 10.1. The van der Waals surface area contributed by atoms with E-state index in [1.165, 1.54) is 55.3 Å². The number of benzene rings is 1. The quantitative estimate of drug-likeness (QED) is 0.761. The van der Waals surface area contributed by atoms with Gasteiger partial charge in [-0.3, -0.25) is 4.90 Å². The van der Waals surface area contributed by atoms with Gasteiger partial charge in [0.05, 0.1) is 0 Å². The minimum Gasteiger partial charge on any atom is -0.354 e. The van der Waals surface area contributed by atoms with E-state index >= 15 is 0 Å². The first-order valence-electron chi connectivity index (χ1n) is 11.1. The Labute approximate surface area is 167 Å². The second kappa shape index (κ2) is 7.82. The highest BCUT2D eigenvalue weighted by Gasteiger charge is 2.31. The summed E-state index contributed by atoms with van der Waals surface area (Å²) in [7, 11) is 0. The number of nitrogens with zero attached hydrogens (tertiary/aromatic N) is 3. The predicted octanol–water partition coefficient (Wildman–Crippen LogP) is 4.83. The maximum atomic E-state index is 13.5. The lowest BCUT2D eigenvalue weighted by Gasteiger charge is -2.36. The Kier molecular flexibility index (Phi) is 5.06. The molecule has 0 N–H and O–H groups in total. The molecular weight excluding hydrogens is 349 g/mol. The second-order valence-corrected chi connectivity index (χ2v) is 8.63. The van der Waals surface area contributed by atoms with Gasteiger partial charge in [-0.05, 0) is 73.4 Å². The monoisotopic (exact) mass is 379 g/mol. The number of halogens is 1. The molecule has 0 atom stereocenters. The Morgan fingerprint density at radius 3 is 2.29 bits per heavy atom. The van der Waals surface area contributed by atoms with Crippen LogP contribution in [0.15, 0.2) is 30.3 Å². The smallest absolute Gasteiger partial charge is 0.129 e. The zero-order valence-corrected chi connectivity index (χ0v) is 16.7. The number of fused-ring (bicyclic) bond motifs is 1. The van der Waals surface area contributed by atoms with Gasteiger partial charge >= 0.3 is 0 Å². The number of rotatable bonds is 3. The third-order valence-corrected chi connectivity index (χ3v) is 6.64. The minimum absolute atomic E-state index is 0.169. The maximum absolute atomic E-state index is 13.5. The van der Waals surface area contributed by atoms with Crippen LogP contribution in [0, 0.1) is 5.82 Å². The van der Waals surface area contributed by atoms with E-state index in [1.54, 1.807) is 12.1 Å². The molecule has 0 spiro atoms. The standard InChI is InChI=1S/C24H30FN3/c25-19-9-7-18(8-10-19)22-17-24(26-23-6-4-2-1-3-5-21(22)23)28-15-13-27(14-16-28)20-11-12-20/h7-10,17,20H,1-6,11-16H2. The van der Waals surface area contributed by atoms with E-state index in [0.717, 1.165) is 56.4 Å². The van der Waals surface area contributed by atoms with E-state index < -0.39 is 0 Å². The maximum Gasteiger partial charge on any atom is 0.129 e. The van der Waals surface area contributed by atoms with Crippen LogP contribution in [0.1, 0.15) is 49.8 Å². The van der Waals surface area contributed by atoms with Crippen molar-refractivity contribution < 1.29 is 4.39 Å². The fraction of sp³-hybridized carbons (Fsp3) is 0.542. The molecular formula is C24H30FN3. The number of anilines is 1. The molecule has 28 heavy (non-hydrogen) atoms. The number of aryl methyl sites for hydroxylation is 1. The van der Waals surface area contributed by atoms with E-state index in [-0.39, 0.29) is 5.82 Å². The summed E-state index contributed by atoms with van der Waals surface area (Å²) in [6.07, 6.45) is 9.97. The van der Waals surface area contributed by atoms with E-state index in [1.807, 2.05) is 12.1 Å². The highest BCUT2D eigenvalue weighted by Crippen LogP contribution is 2.34. The van der Waals surface area contributed by atoms with E-state index in [4.69, 9.17) is 4.98 Å². The average molecular weight is 380 g/mol. The van der Waals surface area contributed by atoms with Crippen molar-refractivity contribution in [2.24, 2.45) is 0 Å². The molecule has 2 heterocycles. The van der Waals surface area contributed by atoms with Crippen LogP contribution in [-0.4, -0.2) is 42.1 Å². The lowest BCUT2D eigenvalue weighted by Crippen LogP contribution is -2.47. The van der Waals surface area contributed by atoms with Crippen LogP contribution in [0.2, 0.25) is 0 Å². The van der Waals surface area contributed by atoms with Crippen LogP contribution in [0.4, 0.5) is 10.2 Å². The molecule has 5 rings (SSSR count). The lowest BCUT2D eigenvalue weighted by molar-refractivity contribution is 0.247. The van der Waals surface area contributed by atoms with E-state index in [2.05, 4.69) is 15.9 Å². The molecule has 1 aromatic carbocycles. The normalized spacial score (nSPS) is 21.1. The Hall–Kier alpha value is -1.94. The molecule has 3 nitrogen and oxygen atoms in total. The summed E-state index contributed by atoms with van der Waals surface area (Å²) >= 11 is 0. The van der Waals surface area contributed by atoms with Gasteiger partial charge in [0.2, 0.25) is 0 Å². The van der Waals surface area contributed by atoms with Gasteiger partial charge in [0.25, 0.3) is 0 Å². The zero-order chi connectivity index (χ0) is 18.9. The Balaban J connectivity index is 1.49. The first kappa shape index (κ1) is 18.1. The molecule has 1 saturated carbocycles. The fourth-order valence-corrected chi connectivity index (χ4v) is 4.85. The summed E-state index contributed by atoms with van der Waals surface area (Å²) in [5.74, 6) is 0.950. The summed E-state index contributed by atoms with van der Waals surface area (Å²) in [5.41, 5.74) is 5.07. The summed E-state index contributed by atoms with van der Waals surface area (Å²) < 4.78 is 13.5. The van der Waals surface area contributed by atoms with Crippen LogP contribution in [0.3, 0.4) is 0 Å². The third-order valence-electron chi connectivity index (χ3n) is 6.64. The number of piperazine rings is 1. The van der Waals surface area contributed by atoms with Crippen molar-refractivity contribution in [3.63, 3.8) is 0 Å². The first-order chi connectivity index (χ1) is 13.8. The van der Waals surface area contributed by atoms with Crippen molar-refractivity contribution >= 4 is 5.82 Å². The molecule has 2 aromatic rings.